The van der Waals surface area contributed by atoms with Gasteiger partial charge in [0.1, 0.15) is 0 Å². The van der Waals surface area contributed by atoms with Gasteiger partial charge in [-0.3, -0.25) is 0 Å². The van der Waals surface area contributed by atoms with Crippen LogP contribution >= 0.6 is 0 Å². The van der Waals surface area contributed by atoms with Gasteiger partial charge >= 0.3 is 5.97 Å². The van der Waals surface area contributed by atoms with Gasteiger partial charge in [-0.2, -0.15) is 0 Å². The number of benzene rings is 1. The van der Waals surface area contributed by atoms with Crippen molar-refractivity contribution in [1.82, 2.24) is 4.57 Å². The first kappa shape index (κ1) is 12.7. The van der Waals surface area contributed by atoms with Crippen molar-refractivity contribution in [2.24, 2.45) is 0 Å². The molecule has 0 saturated carbocycles. The van der Waals surface area contributed by atoms with Gasteiger partial charge in [-0.05, 0) is 43.5 Å². The molecule has 0 amide bonds. The Morgan fingerprint density at radius 3 is 2.72 bits per heavy atom. The van der Waals surface area contributed by atoms with Crippen molar-refractivity contribution in [3.63, 3.8) is 0 Å². The number of aromatic carboxylic acids is 1. The maximum Gasteiger partial charge on any atom is 0.335 e. The van der Waals surface area contributed by atoms with Crippen LogP contribution in [0.25, 0.3) is 10.9 Å². The fraction of sp³-hybridized carbons (Fsp3) is 0.400. The Morgan fingerprint density at radius 1 is 1.33 bits per heavy atom. The lowest BCUT2D eigenvalue weighted by Crippen LogP contribution is -1.96. The molecule has 2 rings (SSSR count). The van der Waals surface area contributed by atoms with Crippen LogP contribution in [0, 0.1) is 0 Å². The Labute approximate surface area is 107 Å². The monoisotopic (exact) mass is 245 g/mol. The number of carboxylic acids is 1. The molecule has 3 nitrogen and oxygen atoms in total. The van der Waals surface area contributed by atoms with E-state index < -0.39 is 5.97 Å². The van der Waals surface area contributed by atoms with Crippen molar-refractivity contribution in [2.45, 2.75) is 39.7 Å². The number of carbonyl (C=O) groups is 1. The minimum atomic E-state index is -0.859. The minimum Gasteiger partial charge on any atom is -0.478 e. The topological polar surface area (TPSA) is 42.2 Å². The quantitative estimate of drug-likeness (QED) is 0.872. The van der Waals surface area contributed by atoms with E-state index in [-0.39, 0.29) is 0 Å². The summed E-state index contributed by atoms with van der Waals surface area (Å²) < 4.78 is 2.19. The second-order valence-electron chi connectivity index (χ2n) is 4.58. The molecule has 0 saturated heterocycles. The summed E-state index contributed by atoms with van der Waals surface area (Å²) in [5.74, 6) is -0.859. The lowest BCUT2D eigenvalue weighted by Gasteiger charge is -2.01. The number of nitrogens with zero attached hydrogens (tertiary/aromatic N) is 1. The second kappa shape index (κ2) is 5.25. The summed E-state index contributed by atoms with van der Waals surface area (Å²) >= 11 is 0. The number of fused-ring (bicyclic) bond motifs is 1. The predicted molar refractivity (Wildman–Crippen MR) is 73.2 cm³/mol. The zero-order chi connectivity index (χ0) is 13.1. The number of rotatable bonds is 5. The molecule has 2 aromatic rings. The van der Waals surface area contributed by atoms with E-state index in [0.29, 0.717) is 5.56 Å². The zero-order valence-corrected chi connectivity index (χ0v) is 10.9. The average Bonchev–Trinajstić information content (AvgIpc) is 2.73. The molecule has 96 valence electrons. The molecule has 0 aliphatic rings. The molecule has 1 aromatic heterocycles. The number of carboxylic acid groups (broad SMARTS) is 1. The summed E-state index contributed by atoms with van der Waals surface area (Å²) in [5.41, 5.74) is 2.76. The molecule has 0 aliphatic carbocycles. The van der Waals surface area contributed by atoms with Crippen LogP contribution in [-0.4, -0.2) is 15.6 Å². The largest absolute Gasteiger partial charge is 0.478 e. The van der Waals surface area contributed by atoms with Crippen LogP contribution < -0.4 is 0 Å². The average molecular weight is 245 g/mol. The van der Waals surface area contributed by atoms with E-state index in [1.165, 1.54) is 5.56 Å². The summed E-state index contributed by atoms with van der Waals surface area (Å²) in [6.45, 7) is 5.19. The van der Waals surface area contributed by atoms with Gasteiger partial charge in [-0.15, -0.1) is 0 Å². The molecule has 1 N–H and O–H groups in total. The summed E-state index contributed by atoms with van der Waals surface area (Å²) in [6.07, 6.45) is 5.46. The number of hydrogen-bond donors (Lipinski definition) is 1. The number of aryl methyl sites for hydroxylation is 2. The van der Waals surface area contributed by atoms with Crippen molar-refractivity contribution >= 4 is 16.9 Å². The SMILES string of the molecule is CCCCc1cn(CC)c2ccc(C(=O)O)cc12. The van der Waals surface area contributed by atoms with E-state index >= 15 is 0 Å². The zero-order valence-electron chi connectivity index (χ0n) is 10.9. The van der Waals surface area contributed by atoms with E-state index in [9.17, 15) is 4.79 Å². The molecular formula is C15H19NO2. The lowest BCUT2D eigenvalue weighted by molar-refractivity contribution is 0.0697. The Hall–Kier alpha value is -1.77. The molecule has 1 aromatic carbocycles. The van der Waals surface area contributed by atoms with Gasteiger partial charge in [-0.25, -0.2) is 4.79 Å². The van der Waals surface area contributed by atoms with Crippen molar-refractivity contribution in [1.29, 1.82) is 0 Å². The Morgan fingerprint density at radius 2 is 2.11 bits per heavy atom. The summed E-state index contributed by atoms with van der Waals surface area (Å²) in [7, 11) is 0. The number of aromatic nitrogens is 1. The summed E-state index contributed by atoms with van der Waals surface area (Å²) in [5, 5.41) is 10.2. The molecule has 0 radical (unpaired) electrons. The molecule has 0 aliphatic heterocycles. The van der Waals surface area contributed by atoms with Crippen molar-refractivity contribution < 1.29 is 9.90 Å². The van der Waals surface area contributed by atoms with Crippen LogP contribution in [0.2, 0.25) is 0 Å². The fourth-order valence-corrected chi connectivity index (χ4v) is 2.33. The van der Waals surface area contributed by atoms with Gasteiger partial charge in [0.25, 0.3) is 0 Å². The third kappa shape index (κ3) is 2.26. The van der Waals surface area contributed by atoms with Gasteiger partial charge in [0.05, 0.1) is 5.56 Å². The highest BCUT2D eigenvalue weighted by Gasteiger charge is 2.10. The maximum atomic E-state index is 11.0. The van der Waals surface area contributed by atoms with Crippen LogP contribution in [0.4, 0.5) is 0 Å². The highest BCUT2D eigenvalue weighted by atomic mass is 16.4. The van der Waals surface area contributed by atoms with Gasteiger partial charge in [0.2, 0.25) is 0 Å². The number of hydrogen-bond acceptors (Lipinski definition) is 1. The third-order valence-corrected chi connectivity index (χ3v) is 3.35. The highest BCUT2D eigenvalue weighted by molar-refractivity contribution is 5.95. The predicted octanol–water partition coefficient (Wildman–Crippen LogP) is 3.70. The highest BCUT2D eigenvalue weighted by Crippen LogP contribution is 2.24. The van der Waals surface area contributed by atoms with Crippen molar-refractivity contribution in [3.05, 3.63) is 35.5 Å². The van der Waals surface area contributed by atoms with Crippen LogP contribution in [0.1, 0.15) is 42.6 Å². The molecule has 0 unspecified atom stereocenters. The smallest absolute Gasteiger partial charge is 0.335 e. The molecule has 0 fully saturated rings. The van der Waals surface area contributed by atoms with Gasteiger partial charge < -0.3 is 9.67 Å². The maximum absolute atomic E-state index is 11.0. The molecule has 18 heavy (non-hydrogen) atoms. The minimum absolute atomic E-state index is 0.370. The molecule has 0 spiro atoms. The Bertz CT molecular complexity index is 569. The lowest BCUT2D eigenvalue weighted by atomic mass is 10.1. The first-order chi connectivity index (χ1) is 8.67. The molecule has 0 bridgehead atoms. The van der Waals surface area contributed by atoms with E-state index in [1.807, 2.05) is 6.07 Å². The van der Waals surface area contributed by atoms with Crippen molar-refractivity contribution in [2.75, 3.05) is 0 Å². The normalized spacial score (nSPS) is 11.0. The number of unbranched alkanes of at least 4 members (excludes halogenated alkanes) is 1. The van der Waals surface area contributed by atoms with Gasteiger partial charge in [0, 0.05) is 23.6 Å². The van der Waals surface area contributed by atoms with Crippen LogP contribution in [-0.2, 0) is 13.0 Å². The van der Waals surface area contributed by atoms with Crippen LogP contribution in [0.3, 0.4) is 0 Å². The first-order valence-corrected chi connectivity index (χ1v) is 6.52. The Kier molecular flexibility index (Phi) is 3.70. The molecule has 3 heteroatoms. The van der Waals surface area contributed by atoms with E-state index in [0.717, 1.165) is 36.7 Å². The van der Waals surface area contributed by atoms with E-state index in [1.54, 1.807) is 12.1 Å². The standard InChI is InChI=1S/C15H19NO2/c1-3-5-6-12-10-16(4-2)14-8-7-11(15(17)18)9-13(12)14/h7-10H,3-6H2,1-2H3,(H,17,18). The van der Waals surface area contributed by atoms with Crippen molar-refractivity contribution in [3.8, 4) is 0 Å². The summed E-state index contributed by atoms with van der Waals surface area (Å²) in [4.78, 5) is 11.0. The molecular weight excluding hydrogens is 226 g/mol. The third-order valence-electron chi connectivity index (χ3n) is 3.35. The van der Waals surface area contributed by atoms with Crippen LogP contribution in [0.5, 0.6) is 0 Å². The Balaban J connectivity index is 2.54. The van der Waals surface area contributed by atoms with E-state index in [4.69, 9.17) is 5.11 Å². The van der Waals surface area contributed by atoms with Gasteiger partial charge in [0.15, 0.2) is 0 Å². The van der Waals surface area contributed by atoms with E-state index in [2.05, 4.69) is 24.6 Å². The van der Waals surface area contributed by atoms with Gasteiger partial charge in [-0.1, -0.05) is 13.3 Å². The first-order valence-electron chi connectivity index (χ1n) is 6.52. The second-order valence-corrected chi connectivity index (χ2v) is 4.58. The van der Waals surface area contributed by atoms with Crippen LogP contribution in [0.15, 0.2) is 24.4 Å². The molecule has 1 heterocycles. The summed E-state index contributed by atoms with van der Waals surface area (Å²) in [6, 6.07) is 5.40. The fourth-order valence-electron chi connectivity index (χ4n) is 2.33. The molecule has 0 atom stereocenters.